The predicted octanol–water partition coefficient (Wildman–Crippen LogP) is 4.05. The summed E-state index contributed by atoms with van der Waals surface area (Å²) >= 11 is 0. The maximum absolute atomic E-state index is 12.6. The number of sulfonamides is 1. The number of fused-ring (bicyclic) bond motifs is 1. The zero-order chi connectivity index (χ0) is 23.6. The average Bonchev–Trinajstić information content (AvgIpc) is 2.77. The van der Waals surface area contributed by atoms with Crippen molar-refractivity contribution in [1.29, 1.82) is 0 Å². The van der Waals surface area contributed by atoms with E-state index in [1.54, 1.807) is 56.3 Å². The molecule has 1 heterocycles. The number of benzene rings is 3. The van der Waals surface area contributed by atoms with Gasteiger partial charge in [-0.15, -0.1) is 0 Å². The van der Waals surface area contributed by atoms with Gasteiger partial charge in [-0.05, 0) is 55.6 Å². The van der Waals surface area contributed by atoms with Gasteiger partial charge in [-0.2, -0.15) is 0 Å². The Morgan fingerprint density at radius 1 is 0.939 bits per heavy atom. The van der Waals surface area contributed by atoms with Gasteiger partial charge in [-0.25, -0.2) is 23.1 Å². The number of carbonyl (C=O) groups excluding carboxylic acids is 1. The normalized spacial score (nSPS) is 11.3. The van der Waals surface area contributed by atoms with E-state index in [-0.39, 0.29) is 34.5 Å². The van der Waals surface area contributed by atoms with Crippen molar-refractivity contribution in [3.63, 3.8) is 0 Å². The maximum Gasteiger partial charge on any atom is 0.264 e. The molecule has 0 saturated carbocycles. The van der Waals surface area contributed by atoms with Crippen LogP contribution in [-0.2, 0) is 10.0 Å². The number of rotatable bonds is 7. The van der Waals surface area contributed by atoms with Crippen molar-refractivity contribution < 1.29 is 18.3 Å². The van der Waals surface area contributed by atoms with Crippen molar-refractivity contribution in [1.82, 2.24) is 9.97 Å². The molecule has 0 atom stereocenters. The highest BCUT2D eigenvalue weighted by Crippen LogP contribution is 2.29. The van der Waals surface area contributed by atoms with Crippen molar-refractivity contribution in [2.45, 2.75) is 18.7 Å². The molecule has 4 rings (SSSR count). The number of aromatic hydroxyl groups is 1. The first-order chi connectivity index (χ1) is 15.7. The Morgan fingerprint density at radius 3 is 2.30 bits per heavy atom. The number of carbonyl (C=O) groups is 1. The van der Waals surface area contributed by atoms with Gasteiger partial charge in [0.1, 0.15) is 5.75 Å². The molecule has 0 amide bonds. The first kappa shape index (κ1) is 22.2. The maximum atomic E-state index is 12.6. The van der Waals surface area contributed by atoms with Crippen LogP contribution in [0.3, 0.4) is 0 Å². The number of ketones is 1. The highest BCUT2D eigenvalue weighted by molar-refractivity contribution is 7.92. The molecule has 0 bridgehead atoms. The highest BCUT2D eigenvalue weighted by Gasteiger charge is 2.17. The number of aromatic nitrogens is 2. The largest absolute Gasteiger partial charge is 0.507 e. The van der Waals surface area contributed by atoms with Crippen LogP contribution in [0, 0.1) is 13.8 Å². The number of hydrogen-bond donors (Lipinski definition) is 3. The van der Waals surface area contributed by atoms with Crippen LogP contribution in [0.4, 0.5) is 11.6 Å². The van der Waals surface area contributed by atoms with Crippen LogP contribution in [0.15, 0.2) is 71.6 Å². The number of nitrogens with one attached hydrogen (secondary N) is 2. The number of aryl methyl sites for hydroxylation is 2. The van der Waals surface area contributed by atoms with Crippen molar-refractivity contribution in [3.05, 3.63) is 83.7 Å². The lowest BCUT2D eigenvalue weighted by atomic mass is 10.0. The van der Waals surface area contributed by atoms with Crippen molar-refractivity contribution >= 4 is 38.2 Å². The Morgan fingerprint density at radius 2 is 1.61 bits per heavy atom. The van der Waals surface area contributed by atoms with Crippen LogP contribution in [0.25, 0.3) is 10.8 Å². The second-order valence-corrected chi connectivity index (χ2v) is 9.25. The number of hydrogen-bond acceptors (Lipinski definition) is 7. The van der Waals surface area contributed by atoms with E-state index >= 15 is 0 Å². The van der Waals surface area contributed by atoms with Gasteiger partial charge in [0.2, 0.25) is 5.95 Å². The molecular weight excluding hydrogens is 440 g/mol. The van der Waals surface area contributed by atoms with Gasteiger partial charge in [0.25, 0.3) is 10.0 Å². The van der Waals surface area contributed by atoms with E-state index in [9.17, 15) is 18.3 Å². The third-order valence-electron chi connectivity index (χ3n) is 5.03. The Labute approximate surface area is 191 Å². The van der Waals surface area contributed by atoms with Gasteiger partial charge in [-0.3, -0.25) is 4.79 Å². The molecular formula is C24H22N4O4S. The highest BCUT2D eigenvalue weighted by atomic mass is 32.2. The molecule has 3 N–H and O–H groups in total. The summed E-state index contributed by atoms with van der Waals surface area (Å²) in [5.41, 5.74) is 2.09. The van der Waals surface area contributed by atoms with Crippen molar-refractivity contribution in [2.75, 3.05) is 16.6 Å². The number of Topliss-reactive ketones (excluding diaryl/α,β-unsaturated/α-hetero) is 1. The first-order valence-corrected chi connectivity index (χ1v) is 11.6. The van der Waals surface area contributed by atoms with Crippen LogP contribution in [0.1, 0.15) is 21.7 Å². The number of phenolic OH excluding ortho intramolecular Hbond substituents is 1. The van der Waals surface area contributed by atoms with Crippen LogP contribution in [-0.4, -0.2) is 35.8 Å². The van der Waals surface area contributed by atoms with Crippen LogP contribution in [0.5, 0.6) is 5.75 Å². The molecule has 8 nitrogen and oxygen atoms in total. The van der Waals surface area contributed by atoms with Crippen molar-refractivity contribution in [3.8, 4) is 5.75 Å². The van der Waals surface area contributed by atoms with E-state index in [2.05, 4.69) is 20.0 Å². The molecule has 0 saturated heterocycles. The minimum Gasteiger partial charge on any atom is -0.507 e. The second kappa shape index (κ2) is 8.87. The smallest absolute Gasteiger partial charge is 0.264 e. The molecule has 0 aliphatic carbocycles. The van der Waals surface area contributed by atoms with Gasteiger partial charge >= 0.3 is 0 Å². The molecule has 0 aliphatic heterocycles. The van der Waals surface area contributed by atoms with Crippen LogP contribution in [0.2, 0.25) is 0 Å². The van der Waals surface area contributed by atoms with E-state index in [0.29, 0.717) is 22.5 Å². The predicted molar refractivity (Wildman–Crippen MR) is 127 cm³/mol. The molecule has 168 valence electrons. The van der Waals surface area contributed by atoms with E-state index in [0.717, 1.165) is 5.39 Å². The molecule has 33 heavy (non-hydrogen) atoms. The van der Waals surface area contributed by atoms with E-state index in [1.807, 2.05) is 12.1 Å². The zero-order valence-corrected chi connectivity index (χ0v) is 18.8. The van der Waals surface area contributed by atoms with Gasteiger partial charge in [0, 0.05) is 22.5 Å². The van der Waals surface area contributed by atoms with E-state index in [4.69, 9.17) is 0 Å². The summed E-state index contributed by atoms with van der Waals surface area (Å²) in [5, 5.41) is 14.9. The molecule has 0 aliphatic rings. The second-order valence-electron chi connectivity index (χ2n) is 7.56. The molecule has 0 spiro atoms. The SMILES string of the molecule is Cc1cc(C)nc(NS(=O)(=O)c2ccc(NCC(=O)c3ccc4ccccc4c3O)cc2)n1. The summed E-state index contributed by atoms with van der Waals surface area (Å²) in [7, 11) is -3.87. The molecule has 9 heteroatoms. The summed E-state index contributed by atoms with van der Waals surface area (Å²) in [4.78, 5) is 20.8. The monoisotopic (exact) mass is 462 g/mol. The quantitative estimate of drug-likeness (QED) is 0.354. The number of phenols is 1. The minimum absolute atomic E-state index is 0.00971. The minimum atomic E-state index is -3.87. The molecule has 4 aromatic rings. The number of anilines is 2. The summed E-state index contributed by atoms with van der Waals surface area (Å²) < 4.78 is 27.7. The fourth-order valence-electron chi connectivity index (χ4n) is 3.46. The summed E-state index contributed by atoms with van der Waals surface area (Å²) in [5.74, 6) is -0.333. The van der Waals surface area contributed by atoms with Gasteiger partial charge < -0.3 is 10.4 Å². The van der Waals surface area contributed by atoms with E-state index < -0.39 is 10.0 Å². The summed E-state index contributed by atoms with van der Waals surface area (Å²) in [6.07, 6.45) is 0. The third kappa shape index (κ3) is 4.93. The molecule has 3 aromatic carbocycles. The summed E-state index contributed by atoms with van der Waals surface area (Å²) in [6.45, 7) is 3.45. The standard InChI is InChI=1S/C24H22N4O4S/c1-15-13-16(2)27-24(26-15)28-33(31,32)19-10-8-18(9-11-19)25-14-22(29)21-12-7-17-5-3-4-6-20(17)23(21)30/h3-13,25,30H,14H2,1-2H3,(H,26,27,28). The Bertz CT molecular complexity index is 1430. The molecule has 0 radical (unpaired) electrons. The Hall–Kier alpha value is -3.98. The first-order valence-electron chi connectivity index (χ1n) is 10.2. The topological polar surface area (TPSA) is 121 Å². The van der Waals surface area contributed by atoms with Crippen LogP contribution >= 0.6 is 0 Å². The lowest BCUT2D eigenvalue weighted by Gasteiger charge is -2.11. The fraction of sp³-hybridized carbons (Fsp3) is 0.125. The number of nitrogens with zero attached hydrogens (tertiary/aromatic N) is 2. The lowest BCUT2D eigenvalue weighted by molar-refractivity contribution is 0.100. The van der Waals surface area contributed by atoms with Gasteiger partial charge in [0.05, 0.1) is 17.0 Å². The van der Waals surface area contributed by atoms with Gasteiger partial charge in [-0.1, -0.05) is 30.3 Å². The van der Waals surface area contributed by atoms with Gasteiger partial charge in [0.15, 0.2) is 5.78 Å². The van der Waals surface area contributed by atoms with E-state index in [1.165, 1.54) is 12.1 Å². The molecule has 1 aromatic heterocycles. The molecule has 0 fully saturated rings. The molecule has 0 unspecified atom stereocenters. The lowest BCUT2D eigenvalue weighted by Crippen LogP contribution is -2.16. The Balaban J connectivity index is 1.44. The third-order valence-corrected chi connectivity index (χ3v) is 6.37. The van der Waals surface area contributed by atoms with Crippen LogP contribution < -0.4 is 10.0 Å². The zero-order valence-electron chi connectivity index (χ0n) is 18.0. The Kier molecular flexibility index (Phi) is 5.97. The summed E-state index contributed by atoms with van der Waals surface area (Å²) in [6, 6.07) is 18.4. The fourth-order valence-corrected chi connectivity index (χ4v) is 4.40. The average molecular weight is 463 g/mol. The van der Waals surface area contributed by atoms with Crippen molar-refractivity contribution in [2.24, 2.45) is 0 Å².